The highest BCUT2D eigenvalue weighted by Gasteiger charge is 2.23. The minimum Gasteiger partial charge on any atom is -0.490 e. The number of anilines is 1. The second-order valence-corrected chi connectivity index (χ2v) is 4.55. The SMILES string of the molecule is CC(C)(O)CN1CCOc2ccccc21. The maximum atomic E-state index is 9.81. The second kappa shape index (κ2) is 3.74. The number of para-hydroxylation sites is 2. The summed E-state index contributed by atoms with van der Waals surface area (Å²) in [5, 5.41) is 9.81. The van der Waals surface area contributed by atoms with Crippen molar-refractivity contribution < 1.29 is 9.84 Å². The summed E-state index contributed by atoms with van der Waals surface area (Å²) in [5.41, 5.74) is 0.399. The van der Waals surface area contributed by atoms with E-state index < -0.39 is 5.60 Å². The number of fused-ring (bicyclic) bond motifs is 1. The zero-order valence-corrected chi connectivity index (χ0v) is 9.23. The van der Waals surface area contributed by atoms with Gasteiger partial charge in [-0.05, 0) is 26.0 Å². The third-order valence-corrected chi connectivity index (χ3v) is 2.40. The molecular formula is C12H17NO2. The lowest BCUT2D eigenvalue weighted by Crippen LogP contribution is -2.42. The van der Waals surface area contributed by atoms with Crippen molar-refractivity contribution in [2.45, 2.75) is 19.4 Å². The molecule has 1 N–H and O–H groups in total. The van der Waals surface area contributed by atoms with Crippen molar-refractivity contribution in [2.24, 2.45) is 0 Å². The van der Waals surface area contributed by atoms with E-state index in [2.05, 4.69) is 4.90 Å². The number of nitrogens with zero attached hydrogens (tertiary/aromatic N) is 1. The molecule has 3 heteroatoms. The fourth-order valence-electron chi connectivity index (χ4n) is 1.86. The lowest BCUT2D eigenvalue weighted by Gasteiger charge is -2.35. The molecular weight excluding hydrogens is 190 g/mol. The zero-order chi connectivity index (χ0) is 10.9. The van der Waals surface area contributed by atoms with Crippen molar-refractivity contribution in [1.82, 2.24) is 0 Å². The average molecular weight is 207 g/mol. The summed E-state index contributed by atoms with van der Waals surface area (Å²) < 4.78 is 5.54. The highest BCUT2D eigenvalue weighted by Crippen LogP contribution is 2.31. The van der Waals surface area contributed by atoms with Gasteiger partial charge in [-0.3, -0.25) is 0 Å². The number of β-amino-alcohol motifs (C(OH)–C–C–N with tert-alkyl or cyclic N) is 1. The molecule has 1 aliphatic rings. The van der Waals surface area contributed by atoms with Crippen LogP contribution in [0.15, 0.2) is 24.3 Å². The van der Waals surface area contributed by atoms with E-state index in [1.807, 2.05) is 38.1 Å². The van der Waals surface area contributed by atoms with Crippen molar-refractivity contribution in [3.8, 4) is 5.75 Å². The molecule has 1 heterocycles. The standard InChI is InChI=1S/C12H17NO2/c1-12(2,14)9-13-7-8-15-11-6-4-3-5-10(11)13/h3-6,14H,7-9H2,1-2H3. The largest absolute Gasteiger partial charge is 0.490 e. The van der Waals surface area contributed by atoms with Crippen molar-refractivity contribution in [3.05, 3.63) is 24.3 Å². The minimum absolute atomic E-state index is 0.632. The first-order valence-corrected chi connectivity index (χ1v) is 5.25. The average Bonchev–Trinajstić information content (AvgIpc) is 2.16. The van der Waals surface area contributed by atoms with Crippen LogP contribution in [0.5, 0.6) is 5.75 Å². The van der Waals surface area contributed by atoms with Crippen molar-refractivity contribution in [1.29, 1.82) is 0 Å². The minimum atomic E-state index is -0.676. The molecule has 15 heavy (non-hydrogen) atoms. The van der Waals surface area contributed by atoms with Crippen LogP contribution in [0, 0.1) is 0 Å². The van der Waals surface area contributed by atoms with E-state index in [9.17, 15) is 5.11 Å². The van der Waals surface area contributed by atoms with Gasteiger partial charge in [-0.15, -0.1) is 0 Å². The van der Waals surface area contributed by atoms with Crippen molar-refractivity contribution in [2.75, 3.05) is 24.6 Å². The van der Waals surface area contributed by atoms with E-state index in [1.165, 1.54) is 0 Å². The maximum absolute atomic E-state index is 9.81. The molecule has 0 saturated carbocycles. The van der Waals surface area contributed by atoms with E-state index in [1.54, 1.807) is 0 Å². The Morgan fingerprint density at radius 2 is 2.13 bits per heavy atom. The van der Waals surface area contributed by atoms with Crippen LogP contribution >= 0.6 is 0 Å². The van der Waals surface area contributed by atoms with Crippen LogP contribution in [-0.2, 0) is 0 Å². The number of aliphatic hydroxyl groups is 1. The van der Waals surface area contributed by atoms with Gasteiger partial charge in [-0.1, -0.05) is 12.1 Å². The highest BCUT2D eigenvalue weighted by atomic mass is 16.5. The van der Waals surface area contributed by atoms with Gasteiger partial charge in [-0.2, -0.15) is 0 Å². The highest BCUT2D eigenvalue weighted by molar-refractivity contribution is 5.59. The number of hydrogen-bond acceptors (Lipinski definition) is 3. The lowest BCUT2D eigenvalue weighted by atomic mass is 10.1. The van der Waals surface area contributed by atoms with Crippen molar-refractivity contribution in [3.63, 3.8) is 0 Å². The van der Waals surface area contributed by atoms with E-state index in [0.717, 1.165) is 18.0 Å². The van der Waals surface area contributed by atoms with E-state index in [-0.39, 0.29) is 0 Å². The molecule has 0 aromatic heterocycles. The molecule has 2 rings (SSSR count). The molecule has 0 bridgehead atoms. The summed E-state index contributed by atoms with van der Waals surface area (Å²) in [5.74, 6) is 0.910. The summed E-state index contributed by atoms with van der Waals surface area (Å²) in [6.45, 7) is 5.80. The molecule has 3 nitrogen and oxygen atoms in total. The van der Waals surface area contributed by atoms with Crippen LogP contribution in [0.2, 0.25) is 0 Å². The molecule has 1 aromatic rings. The Morgan fingerprint density at radius 3 is 2.87 bits per heavy atom. The Labute approximate surface area is 90.3 Å². The fraction of sp³-hybridized carbons (Fsp3) is 0.500. The molecule has 0 saturated heterocycles. The Kier molecular flexibility index (Phi) is 2.57. The van der Waals surface area contributed by atoms with Crippen LogP contribution < -0.4 is 9.64 Å². The molecule has 1 aromatic carbocycles. The van der Waals surface area contributed by atoms with Gasteiger partial charge in [0.2, 0.25) is 0 Å². The van der Waals surface area contributed by atoms with Gasteiger partial charge in [0.25, 0.3) is 0 Å². The Bertz CT molecular complexity index is 344. The Morgan fingerprint density at radius 1 is 1.40 bits per heavy atom. The molecule has 0 amide bonds. The smallest absolute Gasteiger partial charge is 0.142 e. The lowest BCUT2D eigenvalue weighted by molar-refractivity contribution is 0.0855. The molecule has 0 aliphatic carbocycles. The third kappa shape index (κ3) is 2.42. The Hall–Kier alpha value is -1.22. The zero-order valence-electron chi connectivity index (χ0n) is 9.23. The van der Waals surface area contributed by atoms with E-state index in [4.69, 9.17) is 4.74 Å². The monoisotopic (exact) mass is 207 g/mol. The molecule has 0 unspecified atom stereocenters. The molecule has 0 spiro atoms. The maximum Gasteiger partial charge on any atom is 0.142 e. The summed E-state index contributed by atoms with van der Waals surface area (Å²) in [7, 11) is 0. The van der Waals surface area contributed by atoms with Gasteiger partial charge in [0.15, 0.2) is 0 Å². The molecule has 82 valence electrons. The molecule has 0 radical (unpaired) electrons. The molecule has 1 aliphatic heterocycles. The Balaban J connectivity index is 2.22. The first-order chi connectivity index (χ1) is 7.06. The summed E-state index contributed by atoms with van der Waals surface area (Å²) in [6, 6.07) is 7.95. The molecule has 0 atom stereocenters. The van der Waals surface area contributed by atoms with Crippen LogP contribution in [0.1, 0.15) is 13.8 Å². The summed E-state index contributed by atoms with van der Waals surface area (Å²) in [6.07, 6.45) is 0. The van der Waals surface area contributed by atoms with Crippen LogP contribution in [0.4, 0.5) is 5.69 Å². The van der Waals surface area contributed by atoms with Gasteiger partial charge in [0.05, 0.1) is 17.8 Å². The predicted octanol–water partition coefficient (Wildman–Crippen LogP) is 1.66. The number of hydrogen-bond donors (Lipinski definition) is 1. The molecule has 0 fully saturated rings. The van der Waals surface area contributed by atoms with Crippen LogP contribution in [0.3, 0.4) is 0 Å². The second-order valence-electron chi connectivity index (χ2n) is 4.55. The number of ether oxygens (including phenoxy) is 1. The van der Waals surface area contributed by atoms with Gasteiger partial charge in [-0.25, -0.2) is 0 Å². The van der Waals surface area contributed by atoms with Crippen molar-refractivity contribution >= 4 is 5.69 Å². The first-order valence-electron chi connectivity index (χ1n) is 5.25. The summed E-state index contributed by atoms with van der Waals surface area (Å²) in [4.78, 5) is 2.17. The number of benzene rings is 1. The predicted molar refractivity (Wildman–Crippen MR) is 60.4 cm³/mol. The fourth-order valence-corrected chi connectivity index (χ4v) is 1.86. The van der Waals surface area contributed by atoms with Crippen LogP contribution in [-0.4, -0.2) is 30.4 Å². The van der Waals surface area contributed by atoms with Gasteiger partial charge < -0.3 is 14.7 Å². The number of rotatable bonds is 2. The van der Waals surface area contributed by atoms with Gasteiger partial charge in [0, 0.05) is 6.54 Å². The quantitative estimate of drug-likeness (QED) is 0.800. The van der Waals surface area contributed by atoms with E-state index >= 15 is 0 Å². The normalized spacial score (nSPS) is 15.8. The topological polar surface area (TPSA) is 32.7 Å². The summed E-state index contributed by atoms with van der Waals surface area (Å²) >= 11 is 0. The first kappa shape index (κ1) is 10.3. The van der Waals surface area contributed by atoms with Gasteiger partial charge in [0.1, 0.15) is 12.4 Å². The third-order valence-electron chi connectivity index (χ3n) is 2.40. The van der Waals surface area contributed by atoms with E-state index in [0.29, 0.717) is 13.2 Å². The van der Waals surface area contributed by atoms with Crippen LogP contribution in [0.25, 0.3) is 0 Å². The van der Waals surface area contributed by atoms with Gasteiger partial charge >= 0.3 is 0 Å².